The molecule has 200 valence electrons. The fourth-order valence-electron chi connectivity index (χ4n) is 4.24. The number of alkyl halides is 3. The number of fused-ring (bicyclic) bond motifs is 1. The molecule has 0 saturated heterocycles. The van der Waals surface area contributed by atoms with Crippen molar-refractivity contribution in [3.05, 3.63) is 94.0 Å². The zero-order valence-corrected chi connectivity index (χ0v) is 21.8. The standard InChI is InChI=1S/C27H22ClF3N6O2/c1-15-24(16(2)36(35-15)14-18-6-4-5-7-21(18)28)34-26(38)20-13-32-37-23(27(29,30)31)12-22(33-25(20)37)17-8-10-19(39-3)11-9-17/h4-13H,14H2,1-3H3,(H,34,38). The topological polar surface area (TPSA) is 86.3 Å². The molecule has 5 aromatic rings. The normalized spacial score (nSPS) is 11.7. The highest BCUT2D eigenvalue weighted by atomic mass is 35.5. The average Bonchev–Trinajstić information content (AvgIpc) is 3.45. The predicted octanol–water partition coefficient (Wildman–Crippen LogP) is 6.19. The van der Waals surface area contributed by atoms with Gasteiger partial charge in [-0.1, -0.05) is 29.8 Å². The van der Waals surface area contributed by atoms with E-state index < -0.39 is 17.8 Å². The zero-order valence-electron chi connectivity index (χ0n) is 21.0. The van der Waals surface area contributed by atoms with Crippen molar-refractivity contribution in [1.29, 1.82) is 0 Å². The summed E-state index contributed by atoms with van der Waals surface area (Å²) < 4.78 is 49.4. The Hall–Kier alpha value is -4.38. The Morgan fingerprint density at radius 1 is 1.10 bits per heavy atom. The lowest BCUT2D eigenvalue weighted by Crippen LogP contribution is -2.16. The fourth-order valence-corrected chi connectivity index (χ4v) is 4.43. The summed E-state index contributed by atoms with van der Waals surface area (Å²) >= 11 is 6.28. The SMILES string of the molecule is COc1ccc(-c2cc(C(F)(F)F)n3ncc(C(=O)Nc4c(C)nn(Cc5ccccc5Cl)c4C)c3n2)cc1. The maximum Gasteiger partial charge on any atom is 0.433 e. The number of hydrogen-bond donors (Lipinski definition) is 1. The lowest BCUT2D eigenvalue weighted by molar-refractivity contribution is -0.142. The van der Waals surface area contributed by atoms with Gasteiger partial charge in [0.2, 0.25) is 0 Å². The maximum absolute atomic E-state index is 14.0. The van der Waals surface area contributed by atoms with E-state index in [2.05, 4.69) is 20.5 Å². The molecule has 39 heavy (non-hydrogen) atoms. The lowest BCUT2D eigenvalue weighted by Gasteiger charge is -2.12. The molecule has 1 N–H and O–H groups in total. The Bertz CT molecular complexity index is 1690. The van der Waals surface area contributed by atoms with Crippen molar-refractivity contribution in [2.75, 3.05) is 12.4 Å². The van der Waals surface area contributed by atoms with Gasteiger partial charge in [-0.15, -0.1) is 0 Å². The lowest BCUT2D eigenvalue weighted by atomic mass is 10.1. The van der Waals surface area contributed by atoms with Crippen LogP contribution in [0, 0.1) is 13.8 Å². The number of carbonyl (C=O) groups excluding carboxylic acids is 1. The van der Waals surface area contributed by atoms with E-state index >= 15 is 0 Å². The number of aryl methyl sites for hydroxylation is 1. The van der Waals surface area contributed by atoms with Gasteiger partial charge in [0.1, 0.15) is 11.3 Å². The molecule has 0 spiro atoms. The van der Waals surface area contributed by atoms with Crippen LogP contribution in [0.3, 0.4) is 0 Å². The molecule has 0 aliphatic carbocycles. The van der Waals surface area contributed by atoms with Crippen LogP contribution < -0.4 is 10.1 Å². The van der Waals surface area contributed by atoms with E-state index in [-0.39, 0.29) is 16.9 Å². The number of ether oxygens (including phenoxy) is 1. The van der Waals surface area contributed by atoms with Crippen molar-refractivity contribution >= 4 is 28.8 Å². The smallest absolute Gasteiger partial charge is 0.433 e. The third kappa shape index (κ3) is 5.05. The molecule has 0 aliphatic rings. The molecule has 2 aromatic carbocycles. The third-order valence-corrected chi connectivity index (χ3v) is 6.66. The summed E-state index contributed by atoms with van der Waals surface area (Å²) in [5, 5.41) is 11.7. The Morgan fingerprint density at radius 3 is 2.49 bits per heavy atom. The average molecular weight is 555 g/mol. The van der Waals surface area contributed by atoms with Gasteiger partial charge < -0.3 is 10.1 Å². The molecular weight excluding hydrogens is 533 g/mol. The number of carbonyl (C=O) groups is 1. The van der Waals surface area contributed by atoms with Gasteiger partial charge in [-0.3, -0.25) is 9.48 Å². The summed E-state index contributed by atoms with van der Waals surface area (Å²) in [6.45, 7) is 3.88. The minimum atomic E-state index is -4.74. The number of nitrogens with one attached hydrogen (secondary N) is 1. The van der Waals surface area contributed by atoms with Crippen LogP contribution in [0.2, 0.25) is 5.02 Å². The summed E-state index contributed by atoms with van der Waals surface area (Å²) in [6, 6.07) is 14.7. The second kappa shape index (κ2) is 10.1. The van der Waals surface area contributed by atoms with Crippen molar-refractivity contribution < 1.29 is 22.7 Å². The van der Waals surface area contributed by atoms with Gasteiger partial charge in [0.25, 0.3) is 5.91 Å². The minimum absolute atomic E-state index is 0.0342. The van der Waals surface area contributed by atoms with Crippen LogP contribution in [0.15, 0.2) is 60.8 Å². The van der Waals surface area contributed by atoms with Gasteiger partial charge in [-0.25, -0.2) is 9.50 Å². The van der Waals surface area contributed by atoms with Gasteiger partial charge in [0, 0.05) is 10.6 Å². The molecule has 5 rings (SSSR count). The molecule has 12 heteroatoms. The molecule has 0 bridgehead atoms. The molecule has 8 nitrogen and oxygen atoms in total. The Kier molecular flexibility index (Phi) is 6.77. The monoisotopic (exact) mass is 554 g/mol. The van der Waals surface area contributed by atoms with Crippen LogP contribution in [0.1, 0.15) is 33.0 Å². The number of anilines is 1. The van der Waals surface area contributed by atoms with E-state index in [1.54, 1.807) is 48.9 Å². The zero-order chi connectivity index (χ0) is 27.9. The second-order valence-electron chi connectivity index (χ2n) is 8.80. The molecule has 3 heterocycles. The molecule has 0 aliphatic heterocycles. The van der Waals surface area contributed by atoms with Crippen molar-refractivity contribution in [1.82, 2.24) is 24.4 Å². The second-order valence-corrected chi connectivity index (χ2v) is 9.20. The van der Waals surface area contributed by atoms with E-state index in [0.717, 1.165) is 17.8 Å². The van der Waals surface area contributed by atoms with Crippen molar-refractivity contribution in [3.8, 4) is 17.0 Å². The summed E-state index contributed by atoms with van der Waals surface area (Å²) in [4.78, 5) is 17.7. The van der Waals surface area contributed by atoms with Crippen molar-refractivity contribution in [2.45, 2.75) is 26.6 Å². The van der Waals surface area contributed by atoms with Crippen LogP contribution >= 0.6 is 11.6 Å². The van der Waals surface area contributed by atoms with E-state index in [0.29, 0.717) is 44.5 Å². The molecule has 0 radical (unpaired) electrons. The highest BCUT2D eigenvalue weighted by Crippen LogP contribution is 2.33. The van der Waals surface area contributed by atoms with E-state index in [4.69, 9.17) is 16.3 Å². The fraction of sp³-hybridized carbons (Fsp3) is 0.185. The molecule has 0 unspecified atom stereocenters. The summed E-state index contributed by atoms with van der Waals surface area (Å²) in [7, 11) is 1.49. The Labute approximate surface area is 226 Å². The van der Waals surface area contributed by atoms with Crippen LogP contribution in [0.5, 0.6) is 5.75 Å². The molecule has 0 fully saturated rings. The number of methoxy groups -OCH3 is 1. The highest BCUT2D eigenvalue weighted by molar-refractivity contribution is 6.31. The Morgan fingerprint density at radius 2 is 1.82 bits per heavy atom. The van der Waals surface area contributed by atoms with Gasteiger partial charge in [-0.05, 0) is 55.8 Å². The number of rotatable bonds is 6. The first kappa shape index (κ1) is 26.2. The first-order chi connectivity index (χ1) is 18.6. The number of nitrogens with zero attached hydrogens (tertiary/aromatic N) is 5. The van der Waals surface area contributed by atoms with Crippen molar-refractivity contribution in [3.63, 3.8) is 0 Å². The van der Waals surface area contributed by atoms with Crippen LogP contribution in [-0.2, 0) is 12.7 Å². The largest absolute Gasteiger partial charge is 0.497 e. The third-order valence-electron chi connectivity index (χ3n) is 6.29. The van der Waals surface area contributed by atoms with E-state index in [9.17, 15) is 18.0 Å². The van der Waals surface area contributed by atoms with Crippen LogP contribution in [0.25, 0.3) is 16.9 Å². The van der Waals surface area contributed by atoms with Crippen LogP contribution in [-0.4, -0.2) is 37.4 Å². The molecule has 1 amide bonds. The number of halogens is 4. The van der Waals surface area contributed by atoms with Crippen LogP contribution in [0.4, 0.5) is 18.9 Å². The highest BCUT2D eigenvalue weighted by Gasteiger charge is 2.36. The summed E-state index contributed by atoms with van der Waals surface area (Å²) in [5.74, 6) is -0.123. The van der Waals surface area contributed by atoms with Gasteiger partial charge >= 0.3 is 6.18 Å². The summed E-state index contributed by atoms with van der Waals surface area (Å²) in [6.07, 6.45) is -3.67. The minimum Gasteiger partial charge on any atom is -0.497 e. The number of amides is 1. The number of hydrogen-bond acceptors (Lipinski definition) is 5. The quantitative estimate of drug-likeness (QED) is 0.270. The molecule has 3 aromatic heterocycles. The number of aromatic nitrogens is 5. The van der Waals surface area contributed by atoms with Crippen molar-refractivity contribution in [2.24, 2.45) is 0 Å². The maximum atomic E-state index is 14.0. The number of benzene rings is 2. The van der Waals surface area contributed by atoms with E-state index in [1.165, 1.54) is 7.11 Å². The summed E-state index contributed by atoms with van der Waals surface area (Å²) in [5.41, 5.74) is 1.52. The van der Waals surface area contributed by atoms with Gasteiger partial charge in [0.15, 0.2) is 11.3 Å². The van der Waals surface area contributed by atoms with E-state index in [1.807, 2.05) is 18.2 Å². The van der Waals surface area contributed by atoms with Gasteiger partial charge in [0.05, 0.1) is 42.6 Å². The first-order valence-electron chi connectivity index (χ1n) is 11.8. The molecule has 0 saturated carbocycles. The predicted molar refractivity (Wildman–Crippen MR) is 140 cm³/mol. The Balaban J connectivity index is 1.52. The van der Waals surface area contributed by atoms with Gasteiger partial charge in [-0.2, -0.15) is 23.4 Å². The first-order valence-corrected chi connectivity index (χ1v) is 12.1. The molecule has 0 atom stereocenters. The molecular formula is C27H22ClF3N6O2.